The Bertz CT molecular complexity index is 372. The van der Waals surface area contributed by atoms with Crippen LogP contribution >= 0.6 is 0 Å². The second kappa shape index (κ2) is 9.22. The van der Waals surface area contributed by atoms with E-state index in [9.17, 15) is 0 Å². The van der Waals surface area contributed by atoms with Crippen LogP contribution in [-0.2, 0) is 0 Å². The van der Waals surface area contributed by atoms with Crippen molar-refractivity contribution in [3.63, 3.8) is 0 Å². The van der Waals surface area contributed by atoms with E-state index in [4.69, 9.17) is 5.11 Å². The Kier molecular flexibility index (Phi) is 7.25. The van der Waals surface area contributed by atoms with Gasteiger partial charge < -0.3 is 10.4 Å². The maximum atomic E-state index is 9.10. The van der Waals surface area contributed by atoms with Crippen LogP contribution in [0.4, 0.5) is 0 Å². The fraction of sp³-hybridized carbons (Fsp3) is 0.684. The molecular formula is C19H31NO. The molecule has 2 N–H and O–H groups in total. The summed E-state index contributed by atoms with van der Waals surface area (Å²) in [5, 5.41) is 12.9. The van der Waals surface area contributed by atoms with Crippen LogP contribution in [0.3, 0.4) is 0 Å². The molecule has 1 aromatic carbocycles. The van der Waals surface area contributed by atoms with Gasteiger partial charge in [-0.05, 0) is 49.6 Å². The summed E-state index contributed by atoms with van der Waals surface area (Å²) in [5.41, 5.74) is 1.44. The standard InChI is InChI=1S/C19H31NO/c1-16(15-21)9-8-14-20-19(17-10-4-2-5-11-17)18-12-6-3-7-13-18/h2,4-5,10-11,16,18-21H,3,6-9,12-15H2,1H3. The molecule has 1 aliphatic rings. The molecule has 118 valence electrons. The summed E-state index contributed by atoms with van der Waals surface area (Å²) in [6.07, 6.45) is 9.16. The summed E-state index contributed by atoms with van der Waals surface area (Å²) < 4.78 is 0. The van der Waals surface area contributed by atoms with Crippen molar-refractivity contribution < 1.29 is 5.11 Å². The van der Waals surface area contributed by atoms with E-state index in [0.717, 1.165) is 25.3 Å². The molecule has 0 amide bonds. The predicted octanol–water partition coefficient (Wildman–Crippen LogP) is 4.31. The van der Waals surface area contributed by atoms with E-state index in [0.29, 0.717) is 18.6 Å². The van der Waals surface area contributed by atoms with E-state index in [1.165, 1.54) is 37.7 Å². The molecule has 0 saturated heterocycles. The molecule has 2 nitrogen and oxygen atoms in total. The van der Waals surface area contributed by atoms with Gasteiger partial charge in [0.2, 0.25) is 0 Å². The fourth-order valence-corrected chi connectivity index (χ4v) is 3.48. The molecule has 0 aromatic heterocycles. The predicted molar refractivity (Wildman–Crippen MR) is 89.2 cm³/mol. The number of rotatable bonds is 8. The lowest BCUT2D eigenvalue weighted by Crippen LogP contribution is -2.30. The van der Waals surface area contributed by atoms with Crippen LogP contribution in [0, 0.1) is 11.8 Å². The van der Waals surface area contributed by atoms with Crippen molar-refractivity contribution in [2.45, 2.75) is 57.9 Å². The van der Waals surface area contributed by atoms with E-state index in [-0.39, 0.29) is 0 Å². The zero-order valence-corrected chi connectivity index (χ0v) is 13.4. The average Bonchev–Trinajstić information content (AvgIpc) is 2.56. The van der Waals surface area contributed by atoms with Crippen molar-refractivity contribution in [3.8, 4) is 0 Å². The van der Waals surface area contributed by atoms with Gasteiger partial charge in [0.25, 0.3) is 0 Å². The lowest BCUT2D eigenvalue weighted by Gasteiger charge is -2.31. The smallest absolute Gasteiger partial charge is 0.0456 e. The van der Waals surface area contributed by atoms with Crippen molar-refractivity contribution in [3.05, 3.63) is 35.9 Å². The van der Waals surface area contributed by atoms with E-state index in [2.05, 4.69) is 42.6 Å². The zero-order chi connectivity index (χ0) is 14.9. The van der Waals surface area contributed by atoms with Gasteiger partial charge >= 0.3 is 0 Å². The molecule has 0 aliphatic heterocycles. The maximum Gasteiger partial charge on any atom is 0.0456 e. The first-order valence-corrected chi connectivity index (χ1v) is 8.70. The number of aliphatic hydroxyl groups excluding tert-OH is 1. The molecule has 0 radical (unpaired) electrons. The van der Waals surface area contributed by atoms with E-state index < -0.39 is 0 Å². The Hall–Kier alpha value is -0.860. The van der Waals surface area contributed by atoms with Crippen LogP contribution in [0.5, 0.6) is 0 Å². The molecule has 2 atom stereocenters. The minimum absolute atomic E-state index is 0.310. The van der Waals surface area contributed by atoms with Crippen molar-refractivity contribution in [1.82, 2.24) is 5.32 Å². The Morgan fingerprint density at radius 2 is 1.86 bits per heavy atom. The molecule has 0 bridgehead atoms. The third-order valence-corrected chi connectivity index (χ3v) is 4.83. The molecule has 1 aromatic rings. The topological polar surface area (TPSA) is 32.3 Å². The largest absolute Gasteiger partial charge is 0.396 e. The SMILES string of the molecule is CC(CO)CCCNC(c1ccccc1)C1CCCCC1. The number of nitrogens with one attached hydrogen (secondary N) is 1. The Labute approximate surface area is 130 Å². The monoisotopic (exact) mass is 289 g/mol. The highest BCUT2D eigenvalue weighted by Crippen LogP contribution is 2.34. The van der Waals surface area contributed by atoms with Gasteiger partial charge in [-0.1, -0.05) is 56.5 Å². The number of benzene rings is 1. The van der Waals surface area contributed by atoms with E-state index in [1.807, 2.05) is 0 Å². The molecular weight excluding hydrogens is 258 g/mol. The normalized spacial score (nSPS) is 19.3. The number of hydrogen-bond donors (Lipinski definition) is 2. The van der Waals surface area contributed by atoms with Gasteiger partial charge in [-0.3, -0.25) is 0 Å². The number of aliphatic hydroxyl groups is 1. The Morgan fingerprint density at radius 1 is 1.14 bits per heavy atom. The maximum absolute atomic E-state index is 9.10. The third kappa shape index (κ3) is 5.44. The Morgan fingerprint density at radius 3 is 2.52 bits per heavy atom. The van der Waals surface area contributed by atoms with Gasteiger partial charge in [0.05, 0.1) is 0 Å². The quantitative estimate of drug-likeness (QED) is 0.699. The molecule has 1 saturated carbocycles. The lowest BCUT2D eigenvalue weighted by atomic mass is 9.81. The first-order chi connectivity index (χ1) is 10.3. The van der Waals surface area contributed by atoms with Gasteiger partial charge in [0.15, 0.2) is 0 Å². The summed E-state index contributed by atoms with van der Waals surface area (Å²) >= 11 is 0. The summed E-state index contributed by atoms with van der Waals surface area (Å²) in [6.45, 7) is 3.49. The minimum Gasteiger partial charge on any atom is -0.396 e. The van der Waals surface area contributed by atoms with Crippen molar-refractivity contribution >= 4 is 0 Å². The highest BCUT2D eigenvalue weighted by Gasteiger charge is 2.24. The van der Waals surface area contributed by atoms with Crippen LogP contribution in [0.25, 0.3) is 0 Å². The van der Waals surface area contributed by atoms with Gasteiger partial charge in [0, 0.05) is 12.6 Å². The van der Waals surface area contributed by atoms with Crippen LogP contribution in [0.15, 0.2) is 30.3 Å². The molecule has 1 fully saturated rings. The summed E-state index contributed by atoms with van der Waals surface area (Å²) in [4.78, 5) is 0. The fourth-order valence-electron chi connectivity index (χ4n) is 3.48. The van der Waals surface area contributed by atoms with Crippen LogP contribution in [-0.4, -0.2) is 18.3 Å². The summed E-state index contributed by atoms with van der Waals surface area (Å²) in [7, 11) is 0. The highest BCUT2D eigenvalue weighted by atomic mass is 16.3. The summed E-state index contributed by atoms with van der Waals surface area (Å²) in [5.74, 6) is 1.22. The molecule has 0 heterocycles. The second-order valence-electron chi connectivity index (χ2n) is 6.67. The minimum atomic E-state index is 0.310. The first-order valence-electron chi connectivity index (χ1n) is 8.70. The van der Waals surface area contributed by atoms with Crippen LogP contribution < -0.4 is 5.32 Å². The van der Waals surface area contributed by atoms with E-state index in [1.54, 1.807) is 0 Å². The van der Waals surface area contributed by atoms with Gasteiger partial charge in [-0.15, -0.1) is 0 Å². The van der Waals surface area contributed by atoms with E-state index >= 15 is 0 Å². The average molecular weight is 289 g/mol. The van der Waals surface area contributed by atoms with Gasteiger partial charge in [0.1, 0.15) is 0 Å². The summed E-state index contributed by atoms with van der Waals surface area (Å²) in [6, 6.07) is 11.5. The van der Waals surface area contributed by atoms with Crippen LogP contribution in [0.1, 0.15) is 63.5 Å². The van der Waals surface area contributed by atoms with Crippen molar-refractivity contribution in [2.24, 2.45) is 11.8 Å². The zero-order valence-electron chi connectivity index (χ0n) is 13.4. The second-order valence-corrected chi connectivity index (χ2v) is 6.67. The van der Waals surface area contributed by atoms with Gasteiger partial charge in [-0.25, -0.2) is 0 Å². The third-order valence-electron chi connectivity index (χ3n) is 4.83. The Balaban J connectivity index is 1.89. The van der Waals surface area contributed by atoms with Crippen LogP contribution in [0.2, 0.25) is 0 Å². The first kappa shape index (κ1) is 16.5. The highest BCUT2D eigenvalue weighted by molar-refractivity contribution is 5.19. The van der Waals surface area contributed by atoms with Crippen molar-refractivity contribution in [1.29, 1.82) is 0 Å². The molecule has 2 unspecified atom stereocenters. The molecule has 21 heavy (non-hydrogen) atoms. The number of hydrogen-bond acceptors (Lipinski definition) is 2. The molecule has 2 rings (SSSR count). The lowest BCUT2D eigenvalue weighted by molar-refractivity contribution is 0.224. The molecule has 1 aliphatic carbocycles. The van der Waals surface area contributed by atoms with Crippen molar-refractivity contribution in [2.75, 3.05) is 13.2 Å². The van der Waals surface area contributed by atoms with Gasteiger partial charge in [-0.2, -0.15) is 0 Å². The molecule has 0 spiro atoms. The molecule has 2 heteroatoms.